The Morgan fingerprint density at radius 2 is 2.08 bits per heavy atom. The van der Waals surface area contributed by atoms with Crippen molar-refractivity contribution >= 4 is 20.1 Å². The number of hydrogen-bond acceptors (Lipinski definition) is 1. The molecule has 0 amide bonds. The molecule has 0 aromatic heterocycles. The molecule has 1 nitrogen and oxygen atoms in total. The molecule has 0 aliphatic heterocycles. The summed E-state index contributed by atoms with van der Waals surface area (Å²) in [4.78, 5) is 0. The first-order valence-electron chi connectivity index (χ1n) is 3.91. The van der Waals surface area contributed by atoms with E-state index in [0.29, 0.717) is 5.75 Å². The van der Waals surface area contributed by atoms with Gasteiger partial charge < -0.3 is 5.11 Å². The summed E-state index contributed by atoms with van der Waals surface area (Å²) in [6.45, 7) is 8.01. The normalized spacial score (nSPS) is 10.2. The predicted molar refractivity (Wildman–Crippen MR) is 55.3 cm³/mol. The second-order valence-electron chi connectivity index (χ2n) is 2.98. The van der Waals surface area contributed by atoms with Gasteiger partial charge in [0.15, 0.2) is 0 Å². The zero-order chi connectivity index (χ0) is 9.14. The van der Waals surface area contributed by atoms with Crippen LogP contribution in [0.5, 0.6) is 5.75 Å². The molecule has 1 radical (unpaired) electrons. The molecule has 0 saturated heterocycles. The van der Waals surface area contributed by atoms with E-state index in [4.69, 9.17) is 0 Å². The number of phenolic OH excluding ortho intramolecular Hbond substituents is 1. The molecule has 0 fully saturated rings. The first-order chi connectivity index (χ1) is 5.65. The molecule has 0 atom stereocenters. The maximum Gasteiger partial charge on any atom is 0.114 e. The number of phenols is 1. The molecule has 12 heavy (non-hydrogen) atoms. The Balaban J connectivity index is 3.16. The van der Waals surface area contributed by atoms with Crippen LogP contribution in [0.1, 0.15) is 5.56 Å². The van der Waals surface area contributed by atoms with Gasteiger partial charge >= 0.3 is 0 Å². The zero-order valence-corrected chi connectivity index (χ0v) is 8.46. The second kappa shape index (κ2) is 3.58. The standard InChI is InChI=1S/C10H13OSi/c1-4-8-5-6-9(11)10(7-8)12(2)3/h4-7,11H,1H2,2-3H3. The fourth-order valence-corrected chi connectivity index (χ4v) is 2.13. The minimum absolute atomic E-state index is 0.416. The van der Waals surface area contributed by atoms with E-state index in [9.17, 15) is 5.11 Å². The van der Waals surface area contributed by atoms with Crippen molar-refractivity contribution in [2.75, 3.05) is 0 Å². The summed E-state index contributed by atoms with van der Waals surface area (Å²) < 4.78 is 0. The van der Waals surface area contributed by atoms with Gasteiger partial charge in [0.2, 0.25) is 0 Å². The Kier molecular flexibility index (Phi) is 2.71. The summed E-state index contributed by atoms with van der Waals surface area (Å²) in [6, 6.07) is 5.62. The van der Waals surface area contributed by atoms with Gasteiger partial charge in [-0.1, -0.05) is 37.9 Å². The molecule has 1 N–H and O–H groups in total. The lowest BCUT2D eigenvalue weighted by Gasteiger charge is -2.07. The molecule has 0 saturated carbocycles. The summed E-state index contributed by atoms with van der Waals surface area (Å²) in [5.41, 5.74) is 1.08. The Hall–Kier alpha value is -1.02. The van der Waals surface area contributed by atoms with E-state index >= 15 is 0 Å². The van der Waals surface area contributed by atoms with Gasteiger partial charge in [-0.2, -0.15) is 0 Å². The van der Waals surface area contributed by atoms with Crippen molar-refractivity contribution in [3.8, 4) is 5.75 Å². The molecular weight excluding hydrogens is 164 g/mol. The van der Waals surface area contributed by atoms with E-state index in [1.54, 1.807) is 12.1 Å². The lowest BCUT2D eigenvalue weighted by atomic mass is 10.2. The smallest absolute Gasteiger partial charge is 0.114 e. The van der Waals surface area contributed by atoms with Crippen LogP contribution in [0.4, 0.5) is 0 Å². The van der Waals surface area contributed by atoms with Crippen LogP contribution in [-0.4, -0.2) is 13.9 Å². The van der Waals surface area contributed by atoms with Crippen molar-refractivity contribution < 1.29 is 5.11 Å². The summed E-state index contributed by atoms with van der Waals surface area (Å²) in [5, 5.41) is 10.6. The minimum atomic E-state index is -0.572. The lowest BCUT2D eigenvalue weighted by molar-refractivity contribution is 0.479. The third-order valence-corrected chi connectivity index (χ3v) is 3.27. The summed E-state index contributed by atoms with van der Waals surface area (Å²) in [7, 11) is -0.572. The number of aromatic hydroxyl groups is 1. The fourth-order valence-electron chi connectivity index (χ4n) is 1.08. The molecule has 2 heteroatoms. The van der Waals surface area contributed by atoms with E-state index in [-0.39, 0.29) is 0 Å². The molecule has 63 valence electrons. The number of hydrogen-bond donors (Lipinski definition) is 1. The highest BCUT2D eigenvalue weighted by atomic mass is 28.3. The summed E-state index contributed by atoms with van der Waals surface area (Å²) >= 11 is 0. The highest BCUT2D eigenvalue weighted by molar-refractivity contribution is 6.71. The van der Waals surface area contributed by atoms with Gasteiger partial charge in [-0.15, -0.1) is 0 Å². The van der Waals surface area contributed by atoms with Crippen LogP contribution in [-0.2, 0) is 0 Å². The van der Waals surface area contributed by atoms with E-state index in [0.717, 1.165) is 10.8 Å². The van der Waals surface area contributed by atoms with Crippen molar-refractivity contribution in [1.82, 2.24) is 0 Å². The van der Waals surface area contributed by atoms with Crippen LogP contribution >= 0.6 is 0 Å². The van der Waals surface area contributed by atoms with Crippen molar-refractivity contribution in [3.63, 3.8) is 0 Å². The lowest BCUT2D eigenvalue weighted by Crippen LogP contribution is -2.22. The molecule has 0 spiro atoms. The van der Waals surface area contributed by atoms with Gasteiger partial charge in [0.25, 0.3) is 0 Å². The van der Waals surface area contributed by atoms with E-state index in [2.05, 4.69) is 19.7 Å². The third-order valence-electron chi connectivity index (χ3n) is 1.79. The summed E-state index contributed by atoms with van der Waals surface area (Å²) in [6.07, 6.45) is 1.80. The fraction of sp³-hybridized carbons (Fsp3) is 0.200. The third kappa shape index (κ3) is 1.77. The average Bonchev–Trinajstić information content (AvgIpc) is 2.05. The van der Waals surface area contributed by atoms with Crippen molar-refractivity contribution in [1.29, 1.82) is 0 Å². The Labute approximate surface area is 75.0 Å². The van der Waals surface area contributed by atoms with Crippen molar-refractivity contribution in [2.45, 2.75) is 13.1 Å². The Bertz CT molecular complexity index is 292. The van der Waals surface area contributed by atoms with Gasteiger partial charge in [0.05, 0.1) is 8.80 Å². The second-order valence-corrected chi connectivity index (χ2v) is 5.52. The van der Waals surface area contributed by atoms with Crippen LogP contribution in [0.15, 0.2) is 24.8 Å². The molecule has 1 aromatic carbocycles. The zero-order valence-electron chi connectivity index (χ0n) is 7.46. The van der Waals surface area contributed by atoms with Crippen LogP contribution in [0.25, 0.3) is 6.08 Å². The van der Waals surface area contributed by atoms with Crippen LogP contribution < -0.4 is 5.19 Å². The maximum atomic E-state index is 9.49. The van der Waals surface area contributed by atoms with E-state index in [1.807, 2.05) is 12.1 Å². The van der Waals surface area contributed by atoms with Crippen LogP contribution in [0.2, 0.25) is 13.1 Å². The summed E-state index contributed by atoms with van der Waals surface area (Å²) in [5.74, 6) is 0.416. The predicted octanol–water partition coefficient (Wildman–Crippen LogP) is 2.00. The molecule has 0 heterocycles. The quantitative estimate of drug-likeness (QED) is 0.685. The SMILES string of the molecule is C=Cc1ccc(O)c([Si](C)C)c1. The minimum Gasteiger partial charge on any atom is -0.508 e. The van der Waals surface area contributed by atoms with Gasteiger partial charge in [0.1, 0.15) is 5.75 Å². The number of benzene rings is 1. The van der Waals surface area contributed by atoms with Crippen LogP contribution in [0.3, 0.4) is 0 Å². The topological polar surface area (TPSA) is 20.2 Å². The highest BCUT2D eigenvalue weighted by Crippen LogP contribution is 2.09. The van der Waals surface area contributed by atoms with Crippen molar-refractivity contribution in [3.05, 3.63) is 30.3 Å². The molecule has 1 rings (SSSR count). The molecule has 0 aliphatic rings. The molecular formula is C10H13OSi. The van der Waals surface area contributed by atoms with Gasteiger partial charge in [-0.3, -0.25) is 0 Å². The van der Waals surface area contributed by atoms with E-state index < -0.39 is 8.80 Å². The Morgan fingerprint density at radius 1 is 1.42 bits per heavy atom. The first kappa shape index (κ1) is 9.07. The van der Waals surface area contributed by atoms with Crippen LogP contribution in [0, 0.1) is 0 Å². The average molecular weight is 177 g/mol. The molecule has 0 unspecified atom stereocenters. The van der Waals surface area contributed by atoms with Gasteiger partial charge in [-0.25, -0.2) is 0 Å². The largest absolute Gasteiger partial charge is 0.508 e. The van der Waals surface area contributed by atoms with Crippen molar-refractivity contribution in [2.24, 2.45) is 0 Å². The molecule has 0 aliphatic carbocycles. The van der Waals surface area contributed by atoms with Gasteiger partial charge in [0, 0.05) is 0 Å². The van der Waals surface area contributed by atoms with Gasteiger partial charge in [-0.05, 0) is 16.8 Å². The highest BCUT2D eigenvalue weighted by Gasteiger charge is 2.06. The monoisotopic (exact) mass is 177 g/mol. The Morgan fingerprint density at radius 3 is 2.58 bits per heavy atom. The number of rotatable bonds is 2. The first-order valence-corrected chi connectivity index (χ1v) is 6.41. The maximum absolute atomic E-state index is 9.49. The molecule has 1 aromatic rings. The molecule has 0 bridgehead atoms. The van der Waals surface area contributed by atoms with E-state index in [1.165, 1.54) is 0 Å².